The normalized spacial score (nSPS) is 13.2. The molecule has 0 aliphatic carbocycles. The highest BCUT2D eigenvalue weighted by Gasteiger charge is 2.06. The van der Waals surface area contributed by atoms with Gasteiger partial charge in [0.15, 0.2) is 0 Å². The molecule has 17 heavy (non-hydrogen) atoms. The third-order valence-electron chi connectivity index (χ3n) is 2.39. The van der Waals surface area contributed by atoms with E-state index in [1.54, 1.807) is 11.3 Å². The van der Waals surface area contributed by atoms with E-state index in [0.29, 0.717) is 12.0 Å². The third-order valence-corrected chi connectivity index (χ3v) is 4.19. The van der Waals surface area contributed by atoms with Crippen molar-refractivity contribution in [2.24, 2.45) is 5.92 Å². The molecule has 1 aromatic rings. The van der Waals surface area contributed by atoms with Gasteiger partial charge >= 0.3 is 0 Å². The standard InChI is InChI=1S/C13H22BrNOS/c1-10(2)9-16-8-4-7-15-11(3)12-5-6-13(14)17-12/h5-6,10-11,15H,4,7-9H2,1-3H3. The largest absolute Gasteiger partial charge is 0.381 e. The Balaban J connectivity index is 2.06. The Kier molecular flexibility index (Phi) is 7.35. The molecular formula is C13H22BrNOS. The summed E-state index contributed by atoms with van der Waals surface area (Å²) in [5, 5.41) is 3.51. The molecule has 1 heterocycles. The average molecular weight is 320 g/mol. The van der Waals surface area contributed by atoms with Crippen LogP contribution in [0.15, 0.2) is 15.9 Å². The lowest BCUT2D eigenvalue weighted by Crippen LogP contribution is -2.20. The molecule has 1 atom stereocenters. The molecule has 98 valence electrons. The lowest BCUT2D eigenvalue weighted by Gasteiger charge is -2.12. The minimum atomic E-state index is 0.427. The Labute approximate surface area is 117 Å². The Morgan fingerprint density at radius 2 is 2.12 bits per heavy atom. The Bertz CT molecular complexity index is 314. The summed E-state index contributed by atoms with van der Waals surface area (Å²) in [5.41, 5.74) is 0. The predicted molar refractivity (Wildman–Crippen MR) is 78.7 cm³/mol. The van der Waals surface area contributed by atoms with Crippen molar-refractivity contribution in [1.82, 2.24) is 5.32 Å². The number of rotatable bonds is 8. The van der Waals surface area contributed by atoms with Gasteiger partial charge in [-0.2, -0.15) is 0 Å². The summed E-state index contributed by atoms with van der Waals surface area (Å²) in [7, 11) is 0. The number of thiophene rings is 1. The molecule has 0 aromatic carbocycles. The van der Waals surface area contributed by atoms with E-state index in [1.165, 1.54) is 8.66 Å². The average Bonchev–Trinajstić information content (AvgIpc) is 2.69. The minimum Gasteiger partial charge on any atom is -0.381 e. The van der Waals surface area contributed by atoms with Crippen LogP contribution in [0.1, 0.15) is 38.1 Å². The van der Waals surface area contributed by atoms with E-state index in [4.69, 9.17) is 4.74 Å². The summed E-state index contributed by atoms with van der Waals surface area (Å²) < 4.78 is 6.74. The maximum atomic E-state index is 5.54. The molecule has 0 saturated carbocycles. The summed E-state index contributed by atoms with van der Waals surface area (Å²) in [6, 6.07) is 4.70. The molecule has 0 amide bonds. The van der Waals surface area contributed by atoms with Crippen molar-refractivity contribution in [3.8, 4) is 0 Å². The van der Waals surface area contributed by atoms with Crippen molar-refractivity contribution in [1.29, 1.82) is 0 Å². The monoisotopic (exact) mass is 319 g/mol. The molecule has 4 heteroatoms. The van der Waals surface area contributed by atoms with Crippen LogP contribution in [0.4, 0.5) is 0 Å². The van der Waals surface area contributed by atoms with E-state index in [0.717, 1.165) is 26.2 Å². The van der Waals surface area contributed by atoms with Crippen LogP contribution < -0.4 is 5.32 Å². The summed E-state index contributed by atoms with van der Waals surface area (Å²) in [6.45, 7) is 9.28. The number of nitrogens with one attached hydrogen (secondary N) is 1. The van der Waals surface area contributed by atoms with Gasteiger partial charge in [-0.3, -0.25) is 0 Å². The fourth-order valence-electron chi connectivity index (χ4n) is 1.47. The SMILES string of the molecule is CC(C)COCCCNC(C)c1ccc(Br)s1. The molecule has 0 aliphatic heterocycles. The van der Waals surface area contributed by atoms with E-state index in [9.17, 15) is 0 Å². The summed E-state index contributed by atoms with van der Waals surface area (Å²) >= 11 is 5.28. The maximum Gasteiger partial charge on any atom is 0.0701 e. The van der Waals surface area contributed by atoms with Crippen molar-refractivity contribution in [3.63, 3.8) is 0 Å². The molecular weight excluding hydrogens is 298 g/mol. The van der Waals surface area contributed by atoms with Crippen molar-refractivity contribution in [2.45, 2.75) is 33.2 Å². The molecule has 0 saturated heterocycles. The number of halogens is 1. The molecule has 1 N–H and O–H groups in total. The first-order chi connectivity index (χ1) is 8.09. The first-order valence-corrected chi connectivity index (χ1v) is 7.77. The van der Waals surface area contributed by atoms with Gasteiger partial charge in [-0.1, -0.05) is 13.8 Å². The number of hydrogen-bond donors (Lipinski definition) is 1. The first kappa shape index (κ1) is 15.2. The van der Waals surface area contributed by atoms with Crippen molar-refractivity contribution < 1.29 is 4.74 Å². The number of ether oxygens (including phenoxy) is 1. The first-order valence-electron chi connectivity index (χ1n) is 6.16. The van der Waals surface area contributed by atoms with Gasteiger partial charge in [-0.05, 0) is 53.9 Å². The molecule has 0 aliphatic rings. The van der Waals surface area contributed by atoms with Gasteiger partial charge in [0.05, 0.1) is 3.79 Å². The summed E-state index contributed by atoms with van der Waals surface area (Å²) in [6.07, 6.45) is 1.07. The molecule has 1 unspecified atom stereocenters. The zero-order valence-corrected chi connectivity index (χ0v) is 13.2. The number of hydrogen-bond acceptors (Lipinski definition) is 3. The van der Waals surface area contributed by atoms with E-state index in [1.807, 2.05) is 0 Å². The lowest BCUT2D eigenvalue weighted by atomic mass is 10.2. The van der Waals surface area contributed by atoms with Gasteiger partial charge in [0.25, 0.3) is 0 Å². The van der Waals surface area contributed by atoms with Gasteiger partial charge in [0, 0.05) is 24.1 Å². The molecule has 2 nitrogen and oxygen atoms in total. The molecule has 0 bridgehead atoms. The summed E-state index contributed by atoms with van der Waals surface area (Å²) in [4.78, 5) is 1.37. The Hall–Kier alpha value is 0.1000. The zero-order chi connectivity index (χ0) is 12.7. The van der Waals surface area contributed by atoms with Crippen LogP contribution in [-0.4, -0.2) is 19.8 Å². The lowest BCUT2D eigenvalue weighted by molar-refractivity contribution is 0.107. The van der Waals surface area contributed by atoms with Crippen LogP contribution in [0.2, 0.25) is 0 Å². The minimum absolute atomic E-state index is 0.427. The van der Waals surface area contributed by atoms with Crippen molar-refractivity contribution >= 4 is 27.3 Å². The zero-order valence-electron chi connectivity index (χ0n) is 10.8. The highest BCUT2D eigenvalue weighted by Crippen LogP contribution is 2.26. The second-order valence-electron chi connectivity index (χ2n) is 4.64. The molecule has 0 fully saturated rings. The van der Waals surface area contributed by atoms with Crippen LogP contribution in [0.3, 0.4) is 0 Å². The van der Waals surface area contributed by atoms with Gasteiger partial charge < -0.3 is 10.1 Å². The van der Waals surface area contributed by atoms with Crippen LogP contribution in [0, 0.1) is 5.92 Å². The topological polar surface area (TPSA) is 21.3 Å². The van der Waals surface area contributed by atoms with Crippen molar-refractivity contribution in [3.05, 3.63) is 20.8 Å². The molecule has 1 aromatic heterocycles. The maximum absolute atomic E-state index is 5.54. The molecule has 1 rings (SSSR count). The van der Waals surface area contributed by atoms with Gasteiger partial charge in [-0.25, -0.2) is 0 Å². The van der Waals surface area contributed by atoms with Crippen LogP contribution in [-0.2, 0) is 4.74 Å². The predicted octanol–water partition coefficient (Wildman–Crippen LogP) is 4.22. The van der Waals surface area contributed by atoms with Crippen LogP contribution in [0.25, 0.3) is 0 Å². The summed E-state index contributed by atoms with van der Waals surface area (Å²) in [5.74, 6) is 0.630. The molecule has 0 radical (unpaired) electrons. The quantitative estimate of drug-likeness (QED) is 0.724. The van der Waals surface area contributed by atoms with Gasteiger partial charge in [0.2, 0.25) is 0 Å². The van der Waals surface area contributed by atoms with Gasteiger partial charge in [0.1, 0.15) is 0 Å². The second-order valence-corrected chi connectivity index (χ2v) is 7.13. The van der Waals surface area contributed by atoms with Crippen LogP contribution >= 0.6 is 27.3 Å². The third kappa shape index (κ3) is 6.55. The van der Waals surface area contributed by atoms with E-state index in [-0.39, 0.29) is 0 Å². The van der Waals surface area contributed by atoms with Crippen molar-refractivity contribution in [2.75, 3.05) is 19.8 Å². The second kappa shape index (κ2) is 8.25. The van der Waals surface area contributed by atoms with Gasteiger partial charge in [-0.15, -0.1) is 11.3 Å². The van der Waals surface area contributed by atoms with E-state index >= 15 is 0 Å². The highest BCUT2D eigenvalue weighted by molar-refractivity contribution is 9.11. The van der Waals surface area contributed by atoms with E-state index < -0.39 is 0 Å². The molecule has 0 spiro atoms. The fourth-order valence-corrected chi connectivity index (χ4v) is 2.92. The van der Waals surface area contributed by atoms with E-state index in [2.05, 4.69) is 54.2 Å². The Morgan fingerprint density at radius 1 is 1.35 bits per heavy atom. The highest BCUT2D eigenvalue weighted by atomic mass is 79.9. The smallest absolute Gasteiger partial charge is 0.0701 e. The Morgan fingerprint density at radius 3 is 2.71 bits per heavy atom. The fraction of sp³-hybridized carbons (Fsp3) is 0.692. The van der Waals surface area contributed by atoms with Crippen LogP contribution in [0.5, 0.6) is 0 Å².